The second kappa shape index (κ2) is 8.89. The van der Waals surface area contributed by atoms with E-state index in [4.69, 9.17) is 9.47 Å². The number of methoxy groups -OCH3 is 1. The summed E-state index contributed by atoms with van der Waals surface area (Å²) in [4.78, 5) is 8.78. The van der Waals surface area contributed by atoms with E-state index in [0.29, 0.717) is 18.3 Å². The lowest BCUT2D eigenvalue weighted by Gasteiger charge is -2.12. The van der Waals surface area contributed by atoms with Gasteiger partial charge in [-0.1, -0.05) is 18.2 Å². The molecule has 0 unspecified atom stereocenters. The molecule has 0 amide bonds. The van der Waals surface area contributed by atoms with Crippen LogP contribution in [0.1, 0.15) is 19.4 Å². The molecule has 6 nitrogen and oxygen atoms in total. The van der Waals surface area contributed by atoms with Gasteiger partial charge < -0.3 is 20.1 Å². The Morgan fingerprint density at radius 3 is 2.52 bits per heavy atom. The number of hydrogen-bond donors (Lipinski definition) is 2. The van der Waals surface area contributed by atoms with Crippen LogP contribution in [0.4, 0.5) is 17.5 Å². The van der Waals surface area contributed by atoms with Crippen LogP contribution in [0.15, 0.2) is 60.8 Å². The monoisotopic (exact) mass is 364 g/mol. The smallest absolute Gasteiger partial charge is 0.224 e. The van der Waals surface area contributed by atoms with E-state index >= 15 is 0 Å². The Morgan fingerprint density at radius 1 is 1.00 bits per heavy atom. The van der Waals surface area contributed by atoms with E-state index in [1.54, 1.807) is 13.3 Å². The lowest BCUT2D eigenvalue weighted by molar-refractivity contribution is 0.242. The molecule has 0 atom stereocenters. The summed E-state index contributed by atoms with van der Waals surface area (Å²) >= 11 is 0. The quantitative estimate of drug-likeness (QED) is 0.607. The van der Waals surface area contributed by atoms with Crippen molar-refractivity contribution in [3.8, 4) is 11.5 Å². The van der Waals surface area contributed by atoms with E-state index in [9.17, 15) is 0 Å². The highest BCUT2D eigenvalue weighted by molar-refractivity contribution is 5.57. The Bertz CT molecular complexity index is 866. The normalized spacial score (nSPS) is 10.5. The number of aromatic nitrogens is 2. The van der Waals surface area contributed by atoms with Gasteiger partial charge in [0, 0.05) is 24.0 Å². The standard InChI is InChI=1S/C21H24N4O2/c1-15(2)27-18-10-8-17(9-11-18)24-20-12-13-22-21(25-20)23-14-16-6-4-5-7-19(16)26-3/h4-13,15H,14H2,1-3H3,(H2,22,23,24,25). The Hall–Kier alpha value is -3.28. The Labute approximate surface area is 159 Å². The first-order chi connectivity index (χ1) is 13.1. The Balaban J connectivity index is 1.63. The fourth-order valence-electron chi connectivity index (χ4n) is 2.57. The maximum absolute atomic E-state index is 5.66. The molecule has 1 heterocycles. The lowest BCUT2D eigenvalue weighted by atomic mass is 10.2. The van der Waals surface area contributed by atoms with Crippen molar-refractivity contribution in [3.05, 3.63) is 66.4 Å². The Morgan fingerprint density at radius 2 is 1.78 bits per heavy atom. The summed E-state index contributed by atoms with van der Waals surface area (Å²) in [7, 11) is 1.66. The summed E-state index contributed by atoms with van der Waals surface area (Å²) in [6.07, 6.45) is 1.87. The van der Waals surface area contributed by atoms with Crippen LogP contribution in [-0.4, -0.2) is 23.2 Å². The third kappa shape index (κ3) is 5.34. The van der Waals surface area contributed by atoms with E-state index < -0.39 is 0 Å². The van der Waals surface area contributed by atoms with Crippen molar-refractivity contribution < 1.29 is 9.47 Å². The summed E-state index contributed by atoms with van der Waals surface area (Å²) in [5.41, 5.74) is 1.98. The molecule has 3 aromatic rings. The van der Waals surface area contributed by atoms with Gasteiger partial charge in [-0.3, -0.25) is 0 Å². The van der Waals surface area contributed by atoms with Gasteiger partial charge >= 0.3 is 0 Å². The number of hydrogen-bond acceptors (Lipinski definition) is 6. The van der Waals surface area contributed by atoms with Crippen molar-refractivity contribution in [2.75, 3.05) is 17.7 Å². The SMILES string of the molecule is COc1ccccc1CNc1nccc(Nc2ccc(OC(C)C)cc2)n1. The highest BCUT2D eigenvalue weighted by atomic mass is 16.5. The lowest BCUT2D eigenvalue weighted by Crippen LogP contribution is -2.06. The van der Waals surface area contributed by atoms with Crippen molar-refractivity contribution in [1.29, 1.82) is 0 Å². The van der Waals surface area contributed by atoms with Crippen LogP contribution in [0.25, 0.3) is 0 Å². The fraction of sp³-hybridized carbons (Fsp3) is 0.238. The molecule has 0 spiro atoms. The van der Waals surface area contributed by atoms with Crippen LogP contribution < -0.4 is 20.1 Å². The van der Waals surface area contributed by atoms with Crippen molar-refractivity contribution in [2.24, 2.45) is 0 Å². The number of rotatable bonds is 8. The van der Waals surface area contributed by atoms with Gasteiger partial charge in [0.2, 0.25) is 5.95 Å². The highest BCUT2D eigenvalue weighted by Crippen LogP contribution is 2.21. The van der Waals surface area contributed by atoms with Crippen LogP contribution in [0.3, 0.4) is 0 Å². The minimum atomic E-state index is 0.155. The summed E-state index contributed by atoms with van der Waals surface area (Å²) in [5.74, 6) is 2.94. The second-order valence-electron chi connectivity index (χ2n) is 6.25. The molecule has 1 aromatic heterocycles. The van der Waals surface area contributed by atoms with Crippen molar-refractivity contribution in [3.63, 3.8) is 0 Å². The van der Waals surface area contributed by atoms with Gasteiger partial charge in [-0.25, -0.2) is 4.98 Å². The highest BCUT2D eigenvalue weighted by Gasteiger charge is 2.04. The van der Waals surface area contributed by atoms with Gasteiger partial charge in [0.15, 0.2) is 0 Å². The second-order valence-corrected chi connectivity index (χ2v) is 6.25. The van der Waals surface area contributed by atoms with Crippen LogP contribution >= 0.6 is 0 Å². The van der Waals surface area contributed by atoms with Crippen molar-refractivity contribution in [1.82, 2.24) is 9.97 Å². The number of benzene rings is 2. The molecular formula is C21H24N4O2. The number of anilines is 3. The van der Waals surface area contributed by atoms with Gasteiger partial charge in [-0.05, 0) is 50.2 Å². The molecular weight excluding hydrogens is 340 g/mol. The third-order valence-electron chi connectivity index (χ3n) is 3.78. The van der Waals surface area contributed by atoms with Crippen LogP contribution in [-0.2, 0) is 6.54 Å². The topological polar surface area (TPSA) is 68.3 Å². The zero-order valence-corrected chi connectivity index (χ0v) is 15.8. The first-order valence-electron chi connectivity index (χ1n) is 8.86. The Kier molecular flexibility index (Phi) is 6.10. The molecule has 27 heavy (non-hydrogen) atoms. The third-order valence-corrected chi connectivity index (χ3v) is 3.78. The predicted octanol–water partition coefficient (Wildman–Crippen LogP) is 4.63. The molecule has 0 aliphatic carbocycles. The first-order valence-corrected chi connectivity index (χ1v) is 8.86. The molecule has 0 aliphatic rings. The minimum Gasteiger partial charge on any atom is -0.496 e. The van der Waals surface area contributed by atoms with Gasteiger partial charge in [0.05, 0.1) is 13.2 Å². The largest absolute Gasteiger partial charge is 0.496 e. The first kappa shape index (κ1) is 18.5. The molecule has 0 bridgehead atoms. The van der Waals surface area contributed by atoms with Gasteiger partial charge in [0.1, 0.15) is 17.3 Å². The average molecular weight is 364 g/mol. The zero-order chi connectivity index (χ0) is 19.1. The molecule has 0 fully saturated rings. The predicted molar refractivity (Wildman–Crippen MR) is 108 cm³/mol. The van der Waals surface area contributed by atoms with Gasteiger partial charge in [-0.2, -0.15) is 4.98 Å². The van der Waals surface area contributed by atoms with E-state index in [1.165, 1.54) is 0 Å². The summed E-state index contributed by atoms with van der Waals surface area (Å²) in [5, 5.41) is 6.50. The molecule has 0 radical (unpaired) electrons. The molecule has 2 N–H and O–H groups in total. The van der Waals surface area contributed by atoms with E-state index in [2.05, 4.69) is 20.6 Å². The summed E-state index contributed by atoms with van der Waals surface area (Å²) < 4.78 is 11.0. The summed E-state index contributed by atoms with van der Waals surface area (Å²) in [6, 6.07) is 17.5. The minimum absolute atomic E-state index is 0.155. The van der Waals surface area contributed by atoms with Crippen molar-refractivity contribution >= 4 is 17.5 Å². The van der Waals surface area contributed by atoms with Crippen molar-refractivity contribution in [2.45, 2.75) is 26.5 Å². The number of nitrogens with one attached hydrogen (secondary N) is 2. The zero-order valence-electron chi connectivity index (χ0n) is 15.8. The van der Waals surface area contributed by atoms with E-state index in [1.807, 2.05) is 68.4 Å². The fourth-order valence-corrected chi connectivity index (χ4v) is 2.57. The molecule has 3 rings (SSSR count). The van der Waals surface area contributed by atoms with Crippen LogP contribution in [0.2, 0.25) is 0 Å². The summed E-state index contributed by atoms with van der Waals surface area (Å²) in [6.45, 7) is 4.59. The van der Waals surface area contributed by atoms with Crippen LogP contribution in [0, 0.1) is 0 Å². The van der Waals surface area contributed by atoms with Gasteiger partial charge in [-0.15, -0.1) is 0 Å². The average Bonchev–Trinajstić information content (AvgIpc) is 2.68. The molecule has 140 valence electrons. The molecule has 0 saturated heterocycles. The molecule has 2 aromatic carbocycles. The maximum Gasteiger partial charge on any atom is 0.224 e. The van der Waals surface area contributed by atoms with E-state index in [0.717, 1.165) is 22.7 Å². The van der Waals surface area contributed by atoms with Gasteiger partial charge in [0.25, 0.3) is 0 Å². The number of ether oxygens (including phenoxy) is 2. The maximum atomic E-state index is 5.66. The molecule has 0 aliphatic heterocycles. The number of para-hydroxylation sites is 1. The van der Waals surface area contributed by atoms with Crippen LogP contribution in [0.5, 0.6) is 11.5 Å². The molecule has 0 saturated carbocycles. The van der Waals surface area contributed by atoms with E-state index in [-0.39, 0.29) is 6.10 Å². The number of nitrogens with zero attached hydrogens (tertiary/aromatic N) is 2. The molecule has 6 heteroatoms.